The number of piperazine rings is 2. The van der Waals surface area contributed by atoms with E-state index in [1.54, 1.807) is 7.11 Å². The van der Waals surface area contributed by atoms with Crippen molar-refractivity contribution < 1.29 is 19.4 Å². The van der Waals surface area contributed by atoms with Crippen LogP contribution in [0.1, 0.15) is 0 Å². The number of methoxy groups -OCH3 is 1. The van der Waals surface area contributed by atoms with Gasteiger partial charge in [0.15, 0.2) is 6.54 Å². The smallest absolute Gasteiger partial charge is 0.278 e. The Morgan fingerprint density at radius 1 is 1.00 bits per heavy atom. The molecule has 0 saturated carbocycles. The van der Waals surface area contributed by atoms with Gasteiger partial charge in [0, 0.05) is 17.8 Å². The molecule has 1 amide bonds. The summed E-state index contributed by atoms with van der Waals surface area (Å²) in [7, 11) is 1.70. The summed E-state index contributed by atoms with van der Waals surface area (Å²) in [6, 6.07) is 14.3. The minimum Gasteiger partial charge on any atom is -0.497 e. The van der Waals surface area contributed by atoms with Crippen LogP contribution in [0.5, 0.6) is 5.75 Å². The number of ether oxygens (including phenoxy) is 1. The standard InChI is InChI=1S/C22H29N5O2/c1-29-20-6-4-5-19(17-20)25-11-9-24(10-12-25)18-22(28)27-15-13-26(14-16-27)21-7-2-3-8-23-21/h2-8,17H,9-16,18H2,1H3/p+2. The highest BCUT2D eigenvalue weighted by atomic mass is 16.5. The molecular formula is C22H31N5O2+2. The van der Waals surface area contributed by atoms with Crippen molar-refractivity contribution >= 4 is 17.4 Å². The van der Waals surface area contributed by atoms with Crippen molar-refractivity contribution in [3.63, 3.8) is 0 Å². The third kappa shape index (κ3) is 4.79. The Bertz CT molecular complexity index is 800. The van der Waals surface area contributed by atoms with Gasteiger partial charge in [0.05, 0.1) is 52.6 Å². The molecule has 29 heavy (non-hydrogen) atoms. The lowest BCUT2D eigenvalue weighted by Crippen LogP contribution is -3.16. The molecule has 2 aromatic rings. The number of aromatic amines is 1. The maximum atomic E-state index is 12.8. The molecule has 2 aliphatic heterocycles. The quantitative estimate of drug-likeness (QED) is 0.744. The lowest BCUT2D eigenvalue weighted by molar-refractivity contribution is -0.892. The Kier molecular flexibility index (Phi) is 6.14. The number of aromatic nitrogens is 1. The second kappa shape index (κ2) is 9.13. The van der Waals surface area contributed by atoms with Crippen molar-refractivity contribution in [1.29, 1.82) is 0 Å². The largest absolute Gasteiger partial charge is 0.497 e. The topological polar surface area (TPSA) is 54.6 Å². The third-order valence-corrected chi connectivity index (χ3v) is 5.96. The highest BCUT2D eigenvalue weighted by molar-refractivity contribution is 5.77. The fourth-order valence-corrected chi connectivity index (χ4v) is 4.17. The molecule has 7 nitrogen and oxygen atoms in total. The van der Waals surface area contributed by atoms with E-state index in [1.165, 1.54) is 10.6 Å². The van der Waals surface area contributed by atoms with Gasteiger partial charge < -0.3 is 19.4 Å². The van der Waals surface area contributed by atoms with E-state index < -0.39 is 0 Å². The first-order valence-electron chi connectivity index (χ1n) is 10.4. The highest BCUT2D eigenvalue weighted by Gasteiger charge is 2.29. The van der Waals surface area contributed by atoms with Crippen molar-refractivity contribution in [2.45, 2.75) is 0 Å². The maximum absolute atomic E-state index is 12.8. The summed E-state index contributed by atoms with van der Waals surface area (Å²) >= 11 is 0. The van der Waals surface area contributed by atoms with Gasteiger partial charge in [-0.25, -0.2) is 4.98 Å². The van der Waals surface area contributed by atoms with Crippen LogP contribution in [0.4, 0.5) is 11.5 Å². The van der Waals surface area contributed by atoms with Crippen LogP contribution < -0.4 is 24.4 Å². The first-order chi connectivity index (χ1) is 14.2. The van der Waals surface area contributed by atoms with Crippen LogP contribution in [0.15, 0.2) is 48.7 Å². The Morgan fingerprint density at radius 3 is 2.48 bits per heavy atom. The summed E-state index contributed by atoms with van der Waals surface area (Å²) < 4.78 is 5.33. The number of carbonyl (C=O) groups is 1. The number of pyridine rings is 1. The van der Waals surface area contributed by atoms with Gasteiger partial charge in [0.25, 0.3) is 11.7 Å². The molecule has 2 aliphatic rings. The predicted molar refractivity (Wildman–Crippen MR) is 113 cm³/mol. The molecule has 4 rings (SSSR count). The van der Waals surface area contributed by atoms with E-state index in [2.05, 4.69) is 33.0 Å². The minimum absolute atomic E-state index is 0.284. The van der Waals surface area contributed by atoms with Crippen LogP contribution in [-0.2, 0) is 4.79 Å². The Labute approximate surface area is 172 Å². The first kappa shape index (κ1) is 19.5. The van der Waals surface area contributed by atoms with Crippen LogP contribution in [-0.4, -0.2) is 76.8 Å². The molecule has 1 aromatic heterocycles. The number of anilines is 2. The van der Waals surface area contributed by atoms with Crippen molar-refractivity contribution in [3.05, 3.63) is 48.7 Å². The molecule has 0 aliphatic carbocycles. The average Bonchev–Trinajstić information content (AvgIpc) is 2.80. The fourth-order valence-electron chi connectivity index (χ4n) is 4.17. The van der Waals surface area contributed by atoms with E-state index in [9.17, 15) is 4.79 Å². The first-order valence-corrected chi connectivity index (χ1v) is 10.4. The van der Waals surface area contributed by atoms with Gasteiger partial charge in [-0.1, -0.05) is 12.1 Å². The number of benzene rings is 1. The Hall–Kier alpha value is -2.80. The van der Waals surface area contributed by atoms with Crippen LogP contribution in [0.3, 0.4) is 0 Å². The van der Waals surface area contributed by atoms with Crippen LogP contribution in [0.25, 0.3) is 0 Å². The number of nitrogens with zero attached hydrogens (tertiary/aromatic N) is 3. The highest BCUT2D eigenvalue weighted by Crippen LogP contribution is 2.20. The number of hydrogen-bond donors (Lipinski definition) is 1. The number of nitrogens with one attached hydrogen (secondary N) is 2. The summed E-state index contributed by atoms with van der Waals surface area (Å²) in [5.41, 5.74) is 1.20. The summed E-state index contributed by atoms with van der Waals surface area (Å²) in [6.07, 6.45) is 1.95. The lowest BCUT2D eigenvalue weighted by Gasteiger charge is -2.35. The zero-order chi connectivity index (χ0) is 20.1. The zero-order valence-corrected chi connectivity index (χ0v) is 17.1. The SMILES string of the molecule is COc1cccc(N2CC[NH+](CC(=O)N3CCN(c4cccc[nH+]4)CC3)CC2)c1. The molecule has 1 aromatic carbocycles. The number of rotatable bonds is 5. The number of amides is 1. The van der Waals surface area contributed by atoms with Crippen LogP contribution in [0, 0.1) is 0 Å². The molecule has 0 unspecified atom stereocenters. The molecule has 0 radical (unpaired) electrons. The van der Waals surface area contributed by atoms with Crippen molar-refractivity contribution in [2.75, 3.05) is 75.8 Å². The van der Waals surface area contributed by atoms with Crippen molar-refractivity contribution in [3.8, 4) is 5.75 Å². The minimum atomic E-state index is 0.284. The molecule has 154 valence electrons. The van der Waals surface area contributed by atoms with E-state index in [1.807, 2.05) is 35.4 Å². The molecule has 7 heteroatoms. The van der Waals surface area contributed by atoms with Crippen molar-refractivity contribution in [1.82, 2.24) is 4.90 Å². The van der Waals surface area contributed by atoms with Gasteiger partial charge in [-0.3, -0.25) is 9.69 Å². The predicted octanol–water partition coefficient (Wildman–Crippen LogP) is -0.437. The second-order valence-corrected chi connectivity index (χ2v) is 7.73. The average molecular weight is 398 g/mol. The summed E-state index contributed by atoms with van der Waals surface area (Å²) in [4.78, 5) is 24.2. The zero-order valence-electron chi connectivity index (χ0n) is 17.1. The van der Waals surface area contributed by atoms with E-state index in [0.717, 1.165) is 63.9 Å². The maximum Gasteiger partial charge on any atom is 0.278 e. The number of quaternary nitrogens is 1. The molecule has 2 N–H and O–H groups in total. The van der Waals surface area contributed by atoms with Gasteiger partial charge in [-0.05, 0) is 18.2 Å². The van der Waals surface area contributed by atoms with Gasteiger partial charge >= 0.3 is 0 Å². The Morgan fingerprint density at radius 2 is 1.79 bits per heavy atom. The lowest BCUT2D eigenvalue weighted by atomic mass is 10.2. The molecule has 0 bridgehead atoms. The number of hydrogen-bond acceptors (Lipinski definition) is 4. The van der Waals surface area contributed by atoms with E-state index >= 15 is 0 Å². The van der Waals surface area contributed by atoms with Crippen LogP contribution in [0.2, 0.25) is 0 Å². The molecule has 2 saturated heterocycles. The van der Waals surface area contributed by atoms with Gasteiger partial charge in [0.2, 0.25) is 0 Å². The second-order valence-electron chi connectivity index (χ2n) is 7.73. The van der Waals surface area contributed by atoms with E-state index in [0.29, 0.717) is 6.54 Å². The Balaban J connectivity index is 1.23. The molecule has 3 heterocycles. The summed E-state index contributed by atoms with van der Waals surface area (Å²) in [6.45, 7) is 7.86. The van der Waals surface area contributed by atoms with Crippen LogP contribution >= 0.6 is 0 Å². The molecule has 0 atom stereocenters. The van der Waals surface area contributed by atoms with Gasteiger partial charge in [0.1, 0.15) is 18.8 Å². The summed E-state index contributed by atoms with van der Waals surface area (Å²) in [5, 5.41) is 0. The normalized spacial score (nSPS) is 18.0. The molecule has 0 spiro atoms. The molecular weight excluding hydrogens is 366 g/mol. The van der Waals surface area contributed by atoms with E-state index in [4.69, 9.17) is 4.74 Å². The van der Waals surface area contributed by atoms with Gasteiger partial charge in [-0.15, -0.1) is 0 Å². The fraction of sp³-hybridized carbons (Fsp3) is 0.455. The summed E-state index contributed by atoms with van der Waals surface area (Å²) in [5.74, 6) is 2.30. The number of carbonyl (C=O) groups excluding carboxylic acids is 1. The van der Waals surface area contributed by atoms with Crippen molar-refractivity contribution in [2.24, 2.45) is 0 Å². The van der Waals surface area contributed by atoms with Gasteiger partial charge in [-0.2, -0.15) is 0 Å². The van der Waals surface area contributed by atoms with E-state index in [-0.39, 0.29) is 5.91 Å². The third-order valence-electron chi connectivity index (χ3n) is 5.96. The molecule has 2 fully saturated rings. The number of H-pyrrole nitrogens is 1. The monoisotopic (exact) mass is 397 g/mol.